The zero-order chi connectivity index (χ0) is 12.4. The van der Waals surface area contributed by atoms with Crippen molar-refractivity contribution in [3.05, 3.63) is 29.6 Å². The number of hydrogen-bond donors (Lipinski definition) is 3. The van der Waals surface area contributed by atoms with Crippen molar-refractivity contribution in [2.24, 2.45) is 5.73 Å². The molecule has 1 aliphatic heterocycles. The van der Waals surface area contributed by atoms with Crippen molar-refractivity contribution in [3.8, 4) is 0 Å². The van der Waals surface area contributed by atoms with E-state index < -0.39 is 5.82 Å². The standard InChI is InChI=1S/C12H16FN3O/c13-9-2-1-3-10(11(9)12(14)15)16-6-4-8(17)5-7-16/h1-3,8,17H,4-7H2,(H3,14,15). The van der Waals surface area contributed by atoms with Crippen LogP contribution >= 0.6 is 0 Å². The van der Waals surface area contributed by atoms with E-state index in [4.69, 9.17) is 11.1 Å². The van der Waals surface area contributed by atoms with Gasteiger partial charge in [-0.05, 0) is 25.0 Å². The lowest BCUT2D eigenvalue weighted by atomic mass is 10.0. The molecule has 92 valence electrons. The van der Waals surface area contributed by atoms with E-state index in [9.17, 15) is 9.50 Å². The zero-order valence-electron chi connectivity index (χ0n) is 9.49. The van der Waals surface area contributed by atoms with Crippen molar-refractivity contribution in [3.63, 3.8) is 0 Å². The lowest BCUT2D eigenvalue weighted by Gasteiger charge is -2.32. The van der Waals surface area contributed by atoms with Gasteiger partial charge in [0, 0.05) is 13.1 Å². The maximum atomic E-state index is 13.6. The average molecular weight is 237 g/mol. The highest BCUT2D eigenvalue weighted by Gasteiger charge is 2.21. The molecule has 1 heterocycles. The molecule has 0 bridgehead atoms. The number of anilines is 1. The van der Waals surface area contributed by atoms with Gasteiger partial charge in [0.25, 0.3) is 0 Å². The predicted octanol–water partition coefficient (Wildman–Crippen LogP) is 1.07. The molecule has 1 fully saturated rings. The number of nitrogens with two attached hydrogens (primary N) is 1. The van der Waals surface area contributed by atoms with Gasteiger partial charge in [-0.15, -0.1) is 0 Å². The van der Waals surface area contributed by atoms with Crippen LogP contribution in [0.5, 0.6) is 0 Å². The Morgan fingerprint density at radius 3 is 2.65 bits per heavy atom. The quantitative estimate of drug-likeness (QED) is 0.532. The molecule has 0 aromatic heterocycles. The molecule has 0 atom stereocenters. The number of aliphatic hydroxyl groups is 1. The lowest BCUT2D eigenvalue weighted by molar-refractivity contribution is 0.145. The number of piperidine rings is 1. The molecule has 4 N–H and O–H groups in total. The first-order valence-corrected chi connectivity index (χ1v) is 5.65. The number of amidine groups is 1. The Labute approximate surface area is 99.4 Å². The minimum atomic E-state index is -0.471. The fourth-order valence-corrected chi connectivity index (χ4v) is 2.15. The maximum absolute atomic E-state index is 13.6. The number of nitrogen functional groups attached to an aromatic ring is 1. The first-order valence-electron chi connectivity index (χ1n) is 5.65. The minimum absolute atomic E-state index is 0.156. The van der Waals surface area contributed by atoms with E-state index in [1.165, 1.54) is 6.07 Å². The number of nitrogens with one attached hydrogen (secondary N) is 1. The Morgan fingerprint density at radius 1 is 1.41 bits per heavy atom. The Balaban J connectivity index is 2.32. The molecule has 1 aromatic rings. The number of nitrogens with zero attached hydrogens (tertiary/aromatic N) is 1. The van der Waals surface area contributed by atoms with Gasteiger partial charge in [0.05, 0.1) is 17.4 Å². The minimum Gasteiger partial charge on any atom is -0.393 e. The van der Waals surface area contributed by atoms with Crippen molar-refractivity contribution >= 4 is 11.5 Å². The number of benzene rings is 1. The maximum Gasteiger partial charge on any atom is 0.136 e. The third-order valence-corrected chi connectivity index (χ3v) is 3.07. The van der Waals surface area contributed by atoms with Gasteiger partial charge in [0.2, 0.25) is 0 Å². The number of aliphatic hydroxyl groups excluding tert-OH is 1. The second-order valence-corrected chi connectivity index (χ2v) is 4.27. The largest absolute Gasteiger partial charge is 0.393 e. The summed E-state index contributed by atoms with van der Waals surface area (Å²) < 4.78 is 13.6. The molecule has 0 amide bonds. The molecule has 0 unspecified atom stereocenters. The second kappa shape index (κ2) is 4.71. The number of hydrogen-bond acceptors (Lipinski definition) is 3. The normalized spacial score (nSPS) is 17.2. The fraction of sp³-hybridized carbons (Fsp3) is 0.417. The first-order chi connectivity index (χ1) is 8.09. The van der Waals surface area contributed by atoms with Gasteiger partial charge in [0.15, 0.2) is 0 Å². The van der Waals surface area contributed by atoms with Crippen LogP contribution in [0.25, 0.3) is 0 Å². The average Bonchev–Trinajstić information content (AvgIpc) is 2.29. The van der Waals surface area contributed by atoms with Crippen LogP contribution in [0.1, 0.15) is 18.4 Å². The Morgan fingerprint density at radius 2 is 2.06 bits per heavy atom. The van der Waals surface area contributed by atoms with E-state index in [-0.39, 0.29) is 17.5 Å². The molecule has 1 aromatic carbocycles. The van der Waals surface area contributed by atoms with Crippen LogP contribution in [-0.4, -0.2) is 30.1 Å². The van der Waals surface area contributed by atoms with Crippen LogP contribution in [0.15, 0.2) is 18.2 Å². The summed E-state index contributed by atoms with van der Waals surface area (Å²) in [6.07, 6.45) is 1.04. The van der Waals surface area contributed by atoms with Gasteiger partial charge in [-0.1, -0.05) is 6.07 Å². The molecule has 17 heavy (non-hydrogen) atoms. The second-order valence-electron chi connectivity index (χ2n) is 4.27. The van der Waals surface area contributed by atoms with Gasteiger partial charge in [-0.25, -0.2) is 4.39 Å². The highest BCUT2D eigenvalue weighted by atomic mass is 19.1. The van der Waals surface area contributed by atoms with E-state index in [1.807, 2.05) is 4.90 Å². The van der Waals surface area contributed by atoms with Crippen LogP contribution in [0, 0.1) is 11.2 Å². The van der Waals surface area contributed by atoms with Crippen LogP contribution in [0.3, 0.4) is 0 Å². The van der Waals surface area contributed by atoms with Crippen molar-refractivity contribution in [2.75, 3.05) is 18.0 Å². The van der Waals surface area contributed by atoms with Crippen molar-refractivity contribution in [2.45, 2.75) is 18.9 Å². The number of rotatable bonds is 2. The topological polar surface area (TPSA) is 73.3 Å². The van der Waals surface area contributed by atoms with Crippen LogP contribution < -0.4 is 10.6 Å². The van der Waals surface area contributed by atoms with Crippen LogP contribution in [-0.2, 0) is 0 Å². The van der Waals surface area contributed by atoms with Gasteiger partial charge in [0.1, 0.15) is 11.7 Å². The predicted molar refractivity (Wildman–Crippen MR) is 64.9 cm³/mol. The van der Waals surface area contributed by atoms with E-state index in [2.05, 4.69) is 0 Å². The molecule has 0 radical (unpaired) electrons. The van der Waals surface area contributed by atoms with E-state index in [1.54, 1.807) is 12.1 Å². The summed E-state index contributed by atoms with van der Waals surface area (Å²) in [5.41, 5.74) is 6.22. The summed E-state index contributed by atoms with van der Waals surface area (Å²) in [5.74, 6) is -0.731. The third kappa shape index (κ3) is 2.39. The zero-order valence-corrected chi connectivity index (χ0v) is 9.49. The van der Waals surface area contributed by atoms with Gasteiger partial charge in [-0.2, -0.15) is 0 Å². The summed E-state index contributed by atoms with van der Waals surface area (Å²) in [7, 11) is 0. The molecular formula is C12H16FN3O. The lowest BCUT2D eigenvalue weighted by Crippen LogP contribution is -2.37. The summed E-state index contributed by atoms with van der Waals surface area (Å²) in [6, 6.07) is 4.68. The SMILES string of the molecule is N=C(N)c1c(F)cccc1N1CCC(O)CC1. The third-order valence-electron chi connectivity index (χ3n) is 3.07. The molecule has 5 heteroatoms. The van der Waals surface area contributed by atoms with Gasteiger partial charge >= 0.3 is 0 Å². The molecule has 1 saturated heterocycles. The highest BCUT2D eigenvalue weighted by Crippen LogP contribution is 2.25. The summed E-state index contributed by atoms with van der Waals surface area (Å²) >= 11 is 0. The molecule has 2 rings (SSSR count). The molecule has 0 spiro atoms. The van der Waals surface area contributed by atoms with E-state index >= 15 is 0 Å². The monoisotopic (exact) mass is 237 g/mol. The smallest absolute Gasteiger partial charge is 0.136 e. The molecule has 0 saturated carbocycles. The van der Waals surface area contributed by atoms with Crippen molar-refractivity contribution < 1.29 is 9.50 Å². The Hall–Kier alpha value is -1.62. The fourth-order valence-electron chi connectivity index (χ4n) is 2.15. The van der Waals surface area contributed by atoms with Crippen molar-refractivity contribution in [1.82, 2.24) is 0 Å². The Bertz CT molecular complexity index is 428. The van der Waals surface area contributed by atoms with Crippen LogP contribution in [0.4, 0.5) is 10.1 Å². The molecular weight excluding hydrogens is 221 g/mol. The molecule has 1 aliphatic rings. The first kappa shape index (κ1) is 11.9. The summed E-state index contributed by atoms with van der Waals surface area (Å²) in [4.78, 5) is 1.96. The van der Waals surface area contributed by atoms with Crippen LogP contribution in [0.2, 0.25) is 0 Å². The summed E-state index contributed by atoms with van der Waals surface area (Å²) in [6.45, 7) is 1.32. The number of halogens is 1. The molecule has 0 aliphatic carbocycles. The van der Waals surface area contributed by atoms with Gasteiger partial charge in [-0.3, -0.25) is 5.41 Å². The van der Waals surface area contributed by atoms with Gasteiger partial charge < -0.3 is 15.7 Å². The Kier molecular flexibility index (Phi) is 3.28. The van der Waals surface area contributed by atoms with E-state index in [0.29, 0.717) is 31.6 Å². The molecule has 4 nitrogen and oxygen atoms in total. The van der Waals surface area contributed by atoms with E-state index in [0.717, 1.165) is 0 Å². The van der Waals surface area contributed by atoms with Crippen molar-refractivity contribution in [1.29, 1.82) is 5.41 Å². The summed E-state index contributed by atoms with van der Waals surface area (Å²) in [5, 5.41) is 16.9. The highest BCUT2D eigenvalue weighted by molar-refractivity contribution is 6.00.